The van der Waals surface area contributed by atoms with E-state index >= 15 is 0 Å². The summed E-state index contributed by atoms with van der Waals surface area (Å²) in [4.78, 5) is 9.00. The third-order valence-electron chi connectivity index (χ3n) is 1.69. The number of ether oxygens (including phenoxy) is 1. The summed E-state index contributed by atoms with van der Waals surface area (Å²) in [5.41, 5.74) is 0. The average Bonchev–Trinajstić information content (AvgIpc) is 2.80. The lowest BCUT2D eigenvalue weighted by Crippen LogP contribution is -1.97. The quantitative estimate of drug-likeness (QED) is 0.673. The summed E-state index contributed by atoms with van der Waals surface area (Å²) in [6.45, 7) is 5.29. The van der Waals surface area contributed by atoms with Gasteiger partial charge in [0.25, 0.3) is 5.97 Å². The van der Waals surface area contributed by atoms with Crippen LogP contribution in [0, 0.1) is 5.92 Å². The Hall–Kier alpha value is -0.570. The van der Waals surface area contributed by atoms with Crippen LogP contribution in [-0.4, -0.2) is 24.3 Å². The maximum absolute atomic E-state index is 9.00. The molecule has 1 aliphatic carbocycles. The summed E-state index contributed by atoms with van der Waals surface area (Å²) >= 11 is 0. The first-order chi connectivity index (χ1) is 6.16. The summed E-state index contributed by atoms with van der Waals surface area (Å²) < 4.78 is 5.40. The molecule has 0 bridgehead atoms. The SMILES string of the molecule is CC(=O)O.CCCCOCC1CC1. The maximum Gasteiger partial charge on any atom is 0.300 e. The Balaban J connectivity index is 0.000000310. The molecular weight excluding hydrogens is 168 g/mol. The average molecular weight is 188 g/mol. The summed E-state index contributed by atoms with van der Waals surface area (Å²) in [6.07, 6.45) is 5.30. The van der Waals surface area contributed by atoms with Gasteiger partial charge in [-0.1, -0.05) is 13.3 Å². The summed E-state index contributed by atoms with van der Waals surface area (Å²) in [5, 5.41) is 7.42. The third kappa shape index (κ3) is 14.3. The highest BCUT2D eigenvalue weighted by atomic mass is 16.5. The van der Waals surface area contributed by atoms with E-state index in [2.05, 4.69) is 6.92 Å². The number of carbonyl (C=O) groups is 1. The molecule has 1 saturated carbocycles. The first-order valence-corrected chi connectivity index (χ1v) is 4.94. The van der Waals surface area contributed by atoms with E-state index in [9.17, 15) is 0 Å². The first-order valence-electron chi connectivity index (χ1n) is 4.94. The highest BCUT2D eigenvalue weighted by molar-refractivity contribution is 5.62. The topological polar surface area (TPSA) is 46.5 Å². The third-order valence-corrected chi connectivity index (χ3v) is 1.69. The number of hydrogen-bond acceptors (Lipinski definition) is 2. The van der Waals surface area contributed by atoms with E-state index < -0.39 is 5.97 Å². The van der Waals surface area contributed by atoms with E-state index in [4.69, 9.17) is 14.6 Å². The largest absolute Gasteiger partial charge is 0.481 e. The Morgan fingerprint density at radius 2 is 2.08 bits per heavy atom. The van der Waals surface area contributed by atoms with Gasteiger partial charge in [0.2, 0.25) is 0 Å². The zero-order valence-corrected chi connectivity index (χ0v) is 8.58. The molecule has 78 valence electrons. The van der Waals surface area contributed by atoms with Crippen molar-refractivity contribution in [2.75, 3.05) is 13.2 Å². The van der Waals surface area contributed by atoms with Gasteiger partial charge in [0.15, 0.2) is 0 Å². The minimum absolute atomic E-state index is 0.833. The minimum Gasteiger partial charge on any atom is -0.481 e. The monoisotopic (exact) mass is 188 g/mol. The van der Waals surface area contributed by atoms with E-state index in [0.717, 1.165) is 26.1 Å². The van der Waals surface area contributed by atoms with Crippen molar-refractivity contribution in [2.45, 2.75) is 39.5 Å². The van der Waals surface area contributed by atoms with Gasteiger partial charge in [0.1, 0.15) is 0 Å². The second-order valence-electron chi connectivity index (χ2n) is 3.39. The van der Waals surface area contributed by atoms with E-state index in [1.54, 1.807) is 0 Å². The molecule has 1 N–H and O–H groups in total. The summed E-state index contributed by atoms with van der Waals surface area (Å²) in [5.74, 6) is 0.0989. The van der Waals surface area contributed by atoms with Gasteiger partial charge in [0.05, 0.1) is 0 Å². The smallest absolute Gasteiger partial charge is 0.300 e. The Morgan fingerprint density at radius 1 is 1.54 bits per heavy atom. The zero-order valence-electron chi connectivity index (χ0n) is 8.58. The van der Waals surface area contributed by atoms with E-state index in [-0.39, 0.29) is 0 Å². The van der Waals surface area contributed by atoms with Crippen LogP contribution in [0.5, 0.6) is 0 Å². The van der Waals surface area contributed by atoms with Gasteiger partial charge < -0.3 is 9.84 Å². The van der Waals surface area contributed by atoms with Crippen molar-refractivity contribution < 1.29 is 14.6 Å². The van der Waals surface area contributed by atoms with Crippen molar-refractivity contribution in [3.8, 4) is 0 Å². The van der Waals surface area contributed by atoms with E-state index in [1.165, 1.54) is 25.7 Å². The van der Waals surface area contributed by atoms with E-state index in [0.29, 0.717) is 0 Å². The molecule has 0 amide bonds. The number of hydrogen-bond donors (Lipinski definition) is 1. The van der Waals surface area contributed by atoms with Crippen LogP contribution in [0.4, 0.5) is 0 Å². The van der Waals surface area contributed by atoms with Crippen LogP contribution in [0.2, 0.25) is 0 Å². The van der Waals surface area contributed by atoms with Crippen molar-refractivity contribution in [3.63, 3.8) is 0 Å². The van der Waals surface area contributed by atoms with Gasteiger partial charge in [-0.25, -0.2) is 0 Å². The number of rotatable bonds is 5. The Labute approximate surface area is 80.1 Å². The van der Waals surface area contributed by atoms with Crippen LogP contribution in [-0.2, 0) is 9.53 Å². The Kier molecular flexibility index (Phi) is 7.69. The lowest BCUT2D eigenvalue weighted by atomic mass is 10.4. The molecule has 0 aromatic rings. The molecule has 0 aliphatic heterocycles. The van der Waals surface area contributed by atoms with Gasteiger partial charge in [-0.2, -0.15) is 0 Å². The van der Waals surface area contributed by atoms with Crippen molar-refractivity contribution >= 4 is 5.97 Å². The van der Waals surface area contributed by atoms with Crippen LogP contribution >= 0.6 is 0 Å². The predicted octanol–water partition coefficient (Wildman–Crippen LogP) is 2.30. The number of unbranched alkanes of at least 4 members (excludes halogenated alkanes) is 1. The highest BCUT2D eigenvalue weighted by Gasteiger charge is 2.20. The van der Waals surface area contributed by atoms with Crippen LogP contribution in [0.3, 0.4) is 0 Å². The van der Waals surface area contributed by atoms with Crippen LogP contribution in [0.1, 0.15) is 39.5 Å². The highest BCUT2D eigenvalue weighted by Crippen LogP contribution is 2.28. The molecule has 3 nitrogen and oxygen atoms in total. The minimum atomic E-state index is -0.833. The fourth-order valence-electron chi connectivity index (χ4n) is 0.781. The normalized spacial score (nSPS) is 14.6. The first kappa shape index (κ1) is 12.4. The Bertz CT molecular complexity index is 126. The van der Waals surface area contributed by atoms with Gasteiger partial charge in [-0.15, -0.1) is 0 Å². The number of carboxylic acid groups (broad SMARTS) is 1. The summed E-state index contributed by atoms with van der Waals surface area (Å²) in [6, 6.07) is 0. The second-order valence-corrected chi connectivity index (χ2v) is 3.39. The molecule has 0 radical (unpaired) electrons. The van der Waals surface area contributed by atoms with Gasteiger partial charge in [-0.3, -0.25) is 4.79 Å². The standard InChI is InChI=1S/C8H16O.C2H4O2/c1-2-3-6-9-7-8-4-5-8;1-2(3)4/h8H,2-7H2,1H3;1H3,(H,3,4). The molecule has 0 aromatic carbocycles. The van der Waals surface area contributed by atoms with Crippen LogP contribution in [0.15, 0.2) is 0 Å². The molecule has 1 fully saturated rings. The van der Waals surface area contributed by atoms with Gasteiger partial charge in [0, 0.05) is 20.1 Å². The lowest BCUT2D eigenvalue weighted by Gasteiger charge is -1.99. The molecule has 0 atom stereocenters. The fraction of sp³-hybridized carbons (Fsp3) is 0.900. The van der Waals surface area contributed by atoms with Crippen LogP contribution < -0.4 is 0 Å². The molecule has 0 spiro atoms. The molecule has 13 heavy (non-hydrogen) atoms. The van der Waals surface area contributed by atoms with Crippen LogP contribution in [0.25, 0.3) is 0 Å². The molecule has 0 saturated heterocycles. The number of aliphatic carboxylic acids is 1. The Morgan fingerprint density at radius 3 is 2.46 bits per heavy atom. The molecule has 0 aromatic heterocycles. The lowest BCUT2D eigenvalue weighted by molar-refractivity contribution is -0.134. The zero-order chi connectivity index (χ0) is 10.1. The van der Waals surface area contributed by atoms with Crippen molar-refractivity contribution in [1.82, 2.24) is 0 Å². The molecule has 3 heteroatoms. The van der Waals surface area contributed by atoms with Crippen molar-refractivity contribution in [3.05, 3.63) is 0 Å². The molecule has 1 rings (SSSR count). The van der Waals surface area contributed by atoms with Gasteiger partial charge in [-0.05, 0) is 25.2 Å². The molecule has 0 heterocycles. The maximum atomic E-state index is 9.00. The second kappa shape index (κ2) is 8.05. The van der Waals surface area contributed by atoms with E-state index in [1.807, 2.05) is 0 Å². The molecular formula is C10H20O3. The van der Waals surface area contributed by atoms with Crippen molar-refractivity contribution in [2.24, 2.45) is 5.92 Å². The van der Waals surface area contributed by atoms with Gasteiger partial charge >= 0.3 is 0 Å². The summed E-state index contributed by atoms with van der Waals surface area (Å²) in [7, 11) is 0. The van der Waals surface area contributed by atoms with Crippen molar-refractivity contribution in [1.29, 1.82) is 0 Å². The molecule has 0 unspecified atom stereocenters. The predicted molar refractivity (Wildman–Crippen MR) is 51.8 cm³/mol. The molecule has 1 aliphatic rings. The fourth-order valence-corrected chi connectivity index (χ4v) is 0.781. The number of carboxylic acids is 1.